The summed E-state index contributed by atoms with van der Waals surface area (Å²) in [5.41, 5.74) is -0.948. The van der Waals surface area contributed by atoms with Crippen LogP contribution in [0.2, 0.25) is 0 Å². The van der Waals surface area contributed by atoms with E-state index in [-0.39, 0.29) is 52.6 Å². The normalized spacial score (nSPS) is 52.5. The number of hydrogen-bond donors (Lipinski definition) is 11. The molecule has 17 nitrogen and oxygen atoms in total. The van der Waals surface area contributed by atoms with Gasteiger partial charge in [-0.15, -0.1) is 0 Å². The summed E-state index contributed by atoms with van der Waals surface area (Å²) in [6.45, 7) is 16.3. The molecule has 0 spiro atoms. The standard InChI is InChI=1S/C47H80O17/c1-22(2)10-9-14-47(8,64-42-39(58)36(55)34(53)27(62-42)21-60-40-37(56)32(51)25(50)20-59-40)23-11-16-46(7)31(23)24(49)18-29-44(5)15-13-30(43(3,4)28(44)12-17-45(29,46)6)63-41-38(57)35(54)33(52)26(19-48)61-41/h10,23-42,48-58H,9,11-21H2,1-8H3/t23?,24?,25?,26?,27?,28-,29-,30?,31-,32?,33?,34?,35?,36?,37?,38?,39?,40?,41?,42?,44-,45+,46+,47-/m0/s1. The largest absolute Gasteiger partial charge is 0.394 e. The first-order valence-electron chi connectivity index (χ1n) is 23.8. The van der Waals surface area contributed by atoms with Crippen molar-refractivity contribution in [2.24, 2.45) is 45.3 Å². The smallest absolute Gasteiger partial charge is 0.187 e. The van der Waals surface area contributed by atoms with E-state index < -0.39 is 116 Å². The van der Waals surface area contributed by atoms with Crippen molar-refractivity contribution >= 4 is 0 Å². The molecule has 7 rings (SSSR count). The number of rotatable bonds is 12. The number of hydrogen-bond acceptors (Lipinski definition) is 17. The van der Waals surface area contributed by atoms with Gasteiger partial charge in [0.15, 0.2) is 18.9 Å². The second kappa shape index (κ2) is 18.8. The van der Waals surface area contributed by atoms with Crippen LogP contribution in [-0.4, -0.2) is 180 Å². The highest BCUT2D eigenvalue weighted by Gasteiger charge is 2.72. The summed E-state index contributed by atoms with van der Waals surface area (Å²) in [6.07, 6.45) is -12.4. The SMILES string of the molecule is CC(C)=CCC[C@](C)(OC1OC(COC2OCC(O)C(O)C2O)C(O)C(O)C1O)C1CC[C@]2(C)[C@@H]1C(O)C[C@H]1[C@@]3(C)CCC(OC4OC(CO)C(O)C(O)C4O)C(C)(C)[C@@H]3CC[C@]12C. The molecule has 7 fully saturated rings. The van der Waals surface area contributed by atoms with Crippen molar-refractivity contribution in [2.75, 3.05) is 19.8 Å². The van der Waals surface area contributed by atoms with Crippen molar-refractivity contribution in [3.63, 3.8) is 0 Å². The van der Waals surface area contributed by atoms with E-state index in [1.807, 2.05) is 20.8 Å². The fourth-order valence-electron chi connectivity index (χ4n) is 14.5. The lowest BCUT2D eigenvalue weighted by Gasteiger charge is -2.71. The van der Waals surface area contributed by atoms with E-state index in [4.69, 9.17) is 28.4 Å². The van der Waals surface area contributed by atoms with Gasteiger partial charge in [0.2, 0.25) is 0 Å². The molecule has 4 saturated carbocycles. The van der Waals surface area contributed by atoms with Crippen LogP contribution in [0.4, 0.5) is 0 Å². The maximum absolute atomic E-state index is 12.7. The maximum Gasteiger partial charge on any atom is 0.187 e. The molecule has 0 aromatic heterocycles. The molecule has 3 saturated heterocycles. The molecular weight excluding hydrogens is 836 g/mol. The zero-order valence-electron chi connectivity index (χ0n) is 39.0. The van der Waals surface area contributed by atoms with Crippen LogP contribution in [0.15, 0.2) is 11.6 Å². The Kier molecular flexibility index (Phi) is 14.9. The van der Waals surface area contributed by atoms with Crippen LogP contribution in [0.25, 0.3) is 0 Å². The Labute approximate surface area is 377 Å². The average molecular weight is 917 g/mol. The molecule has 3 heterocycles. The van der Waals surface area contributed by atoms with Gasteiger partial charge in [0, 0.05) is 0 Å². The fourth-order valence-corrected chi connectivity index (χ4v) is 14.5. The average Bonchev–Trinajstić information content (AvgIpc) is 3.62. The Bertz CT molecular complexity index is 1630. The minimum Gasteiger partial charge on any atom is -0.394 e. The molecule has 370 valence electrons. The van der Waals surface area contributed by atoms with E-state index >= 15 is 0 Å². The first-order valence-corrected chi connectivity index (χ1v) is 23.8. The van der Waals surface area contributed by atoms with Crippen LogP contribution in [0, 0.1) is 45.3 Å². The second-order valence-electron chi connectivity index (χ2n) is 22.5. The number of allylic oxidation sites excluding steroid dienone is 2. The summed E-state index contributed by atoms with van der Waals surface area (Å²) in [7, 11) is 0. The Morgan fingerprint density at radius 3 is 1.94 bits per heavy atom. The van der Waals surface area contributed by atoms with Crippen molar-refractivity contribution in [1.29, 1.82) is 0 Å². The molecule has 0 aromatic carbocycles. The van der Waals surface area contributed by atoms with E-state index in [0.717, 1.165) is 37.7 Å². The minimum atomic E-state index is -1.68. The predicted molar refractivity (Wildman–Crippen MR) is 228 cm³/mol. The maximum atomic E-state index is 12.7. The van der Waals surface area contributed by atoms with Gasteiger partial charge in [0.1, 0.15) is 67.1 Å². The van der Waals surface area contributed by atoms with Gasteiger partial charge < -0.3 is 84.6 Å². The van der Waals surface area contributed by atoms with E-state index in [1.54, 1.807) is 0 Å². The zero-order valence-corrected chi connectivity index (χ0v) is 39.0. The molecule has 0 radical (unpaired) electrons. The van der Waals surface area contributed by atoms with Gasteiger partial charge in [-0.2, -0.15) is 0 Å². The van der Waals surface area contributed by atoms with Crippen LogP contribution < -0.4 is 0 Å². The first kappa shape index (κ1) is 50.9. The van der Waals surface area contributed by atoms with E-state index in [1.165, 1.54) is 0 Å². The highest BCUT2D eigenvalue weighted by molar-refractivity contribution is 5.20. The molecule has 0 aromatic rings. The zero-order chi connectivity index (χ0) is 47.1. The number of aliphatic hydroxyl groups is 11. The van der Waals surface area contributed by atoms with E-state index in [0.29, 0.717) is 25.7 Å². The van der Waals surface area contributed by atoms with Crippen LogP contribution in [0.3, 0.4) is 0 Å². The molecule has 3 aliphatic heterocycles. The Hall–Kier alpha value is -0.940. The van der Waals surface area contributed by atoms with Crippen LogP contribution in [0.1, 0.15) is 113 Å². The third-order valence-electron chi connectivity index (χ3n) is 18.4. The molecule has 17 unspecified atom stereocenters. The number of ether oxygens (including phenoxy) is 6. The van der Waals surface area contributed by atoms with Crippen molar-refractivity contribution in [3.05, 3.63) is 11.6 Å². The highest BCUT2D eigenvalue weighted by atomic mass is 16.7. The van der Waals surface area contributed by atoms with Crippen molar-refractivity contribution in [2.45, 2.75) is 217 Å². The number of fused-ring (bicyclic) bond motifs is 5. The van der Waals surface area contributed by atoms with Crippen LogP contribution in [0.5, 0.6) is 0 Å². The molecule has 7 aliphatic rings. The Morgan fingerprint density at radius 1 is 0.672 bits per heavy atom. The van der Waals surface area contributed by atoms with Gasteiger partial charge in [0.25, 0.3) is 0 Å². The van der Waals surface area contributed by atoms with Gasteiger partial charge in [-0.1, -0.05) is 46.3 Å². The van der Waals surface area contributed by atoms with Gasteiger partial charge in [-0.25, -0.2) is 0 Å². The molecule has 64 heavy (non-hydrogen) atoms. The molecule has 0 bridgehead atoms. The van der Waals surface area contributed by atoms with E-state index in [9.17, 15) is 56.2 Å². The molecular formula is C47H80O17. The summed E-state index contributed by atoms with van der Waals surface area (Å²) < 4.78 is 36.5. The van der Waals surface area contributed by atoms with Gasteiger partial charge >= 0.3 is 0 Å². The third kappa shape index (κ3) is 8.60. The monoisotopic (exact) mass is 917 g/mol. The minimum absolute atomic E-state index is 0.149. The molecule has 4 aliphatic carbocycles. The summed E-state index contributed by atoms with van der Waals surface area (Å²) in [6, 6.07) is 0. The number of aliphatic hydroxyl groups excluding tert-OH is 11. The van der Waals surface area contributed by atoms with Gasteiger partial charge in [-0.05, 0) is 124 Å². The van der Waals surface area contributed by atoms with E-state index in [2.05, 4.69) is 40.7 Å². The van der Waals surface area contributed by atoms with Crippen molar-refractivity contribution in [1.82, 2.24) is 0 Å². The highest BCUT2D eigenvalue weighted by Crippen LogP contribution is 2.76. The third-order valence-corrected chi connectivity index (χ3v) is 18.4. The van der Waals surface area contributed by atoms with Crippen LogP contribution >= 0.6 is 0 Å². The summed E-state index contributed by atoms with van der Waals surface area (Å²) in [4.78, 5) is 0. The Balaban J connectivity index is 1.11. The molecule has 17 heteroatoms. The lowest BCUT2D eigenvalue weighted by atomic mass is 9.35. The lowest BCUT2D eigenvalue weighted by molar-refractivity contribution is -0.346. The predicted octanol–water partition coefficient (Wildman–Crippen LogP) is 0.612. The van der Waals surface area contributed by atoms with Crippen molar-refractivity contribution < 1.29 is 84.6 Å². The molecule has 24 atom stereocenters. The second-order valence-corrected chi connectivity index (χ2v) is 22.5. The lowest BCUT2D eigenvalue weighted by Crippen LogP contribution is -2.67. The summed E-state index contributed by atoms with van der Waals surface area (Å²) in [5, 5.41) is 118. The first-order chi connectivity index (χ1) is 29.9. The summed E-state index contributed by atoms with van der Waals surface area (Å²) >= 11 is 0. The fraction of sp³-hybridized carbons (Fsp3) is 0.957. The van der Waals surface area contributed by atoms with Crippen molar-refractivity contribution in [3.8, 4) is 0 Å². The molecule has 0 amide bonds. The quantitative estimate of drug-likeness (QED) is 0.0946. The van der Waals surface area contributed by atoms with Gasteiger partial charge in [-0.3, -0.25) is 0 Å². The Morgan fingerprint density at radius 2 is 1.28 bits per heavy atom. The van der Waals surface area contributed by atoms with Crippen LogP contribution in [-0.2, 0) is 28.4 Å². The summed E-state index contributed by atoms with van der Waals surface area (Å²) in [5.74, 6) is -0.0478. The topological polar surface area (TPSA) is 278 Å². The molecule has 11 N–H and O–H groups in total. The van der Waals surface area contributed by atoms with Gasteiger partial charge in [0.05, 0.1) is 37.6 Å².